The lowest BCUT2D eigenvalue weighted by Crippen LogP contribution is -2.12. The largest absolute Gasteiger partial charge is 0.492 e. The van der Waals surface area contributed by atoms with Crippen LogP contribution in [-0.2, 0) is 18.9 Å². The summed E-state index contributed by atoms with van der Waals surface area (Å²) in [6.45, 7) is 12.7. The van der Waals surface area contributed by atoms with Crippen molar-refractivity contribution in [2.24, 2.45) is 0 Å². The van der Waals surface area contributed by atoms with E-state index < -0.39 is 0 Å². The van der Waals surface area contributed by atoms with Gasteiger partial charge in [0, 0.05) is 0 Å². The second-order valence-corrected chi connectivity index (χ2v) is 4.06. The smallest absolute Gasteiger partial charge is 0.112 e. The van der Waals surface area contributed by atoms with Crippen LogP contribution in [-0.4, -0.2) is 58.0 Å². The number of aliphatic hydroxyl groups excluding tert-OH is 1. The summed E-state index contributed by atoms with van der Waals surface area (Å²) in [5, 5.41) is 8.48. The van der Waals surface area contributed by atoms with Crippen molar-refractivity contribution in [3.8, 4) is 0 Å². The summed E-state index contributed by atoms with van der Waals surface area (Å²) < 4.78 is 21.0. The maximum absolute atomic E-state index is 8.48. The van der Waals surface area contributed by atoms with E-state index >= 15 is 0 Å². The molecule has 0 heterocycles. The summed E-state index contributed by atoms with van der Waals surface area (Å²) in [6, 6.07) is 0. The van der Waals surface area contributed by atoms with E-state index in [-0.39, 0.29) is 6.61 Å². The Labute approximate surface area is 121 Å². The fourth-order valence-corrected chi connectivity index (χ4v) is 1.12. The highest BCUT2D eigenvalue weighted by Gasteiger charge is 1.93. The maximum atomic E-state index is 8.48. The molecule has 0 spiro atoms. The first-order valence-electron chi connectivity index (χ1n) is 6.66. The highest BCUT2D eigenvalue weighted by Crippen LogP contribution is 1.99. The van der Waals surface area contributed by atoms with Crippen molar-refractivity contribution in [1.82, 2.24) is 0 Å². The minimum Gasteiger partial charge on any atom is -0.492 e. The Morgan fingerprint density at radius 3 is 1.85 bits per heavy atom. The Balaban J connectivity index is 3.20. The molecular weight excluding hydrogens is 260 g/mol. The molecule has 0 aromatic rings. The minimum atomic E-state index is 0.0377. The topological polar surface area (TPSA) is 57.2 Å². The van der Waals surface area contributed by atoms with Crippen LogP contribution in [0.3, 0.4) is 0 Å². The van der Waals surface area contributed by atoms with Gasteiger partial charge in [-0.15, -0.1) is 0 Å². The number of hydrogen-bond donors (Lipinski definition) is 1. The molecule has 0 aliphatic heterocycles. The molecule has 0 aromatic heterocycles. The molecule has 0 aliphatic rings. The van der Waals surface area contributed by atoms with Crippen LogP contribution < -0.4 is 0 Å². The van der Waals surface area contributed by atoms with Crippen molar-refractivity contribution < 1.29 is 24.1 Å². The van der Waals surface area contributed by atoms with Gasteiger partial charge in [-0.3, -0.25) is 0 Å². The van der Waals surface area contributed by atoms with Crippen molar-refractivity contribution >= 4 is 0 Å². The van der Waals surface area contributed by atoms with E-state index in [9.17, 15) is 0 Å². The number of hydrogen-bond acceptors (Lipinski definition) is 5. The molecule has 0 bridgehead atoms. The van der Waals surface area contributed by atoms with Crippen LogP contribution in [0, 0.1) is 0 Å². The predicted molar refractivity (Wildman–Crippen MR) is 78.6 cm³/mol. The van der Waals surface area contributed by atoms with Gasteiger partial charge in [-0.1, -0.05) is 24.8 Å². The third kappa shape index (κ3) is 14.9. The lowest BCUT2D eigenvalue weighted by Gasteiger charge is -2.07. The van der Waals surface area contributed by atoms with Crippen LogP contribution in [0.15, 0.2) is 36.6 Å². The van der Waals surface area contributed by atoms with Crippen molar-refractivity contribution in [1.29, 1.82) is 0 Å². The van der Waals surface area contributed by atoms with Crippen LogP contribution >= 0.6 is 0 Å². The summed E-state index contributed by atoms with van der Waals surface area (Å²) >= 11 is 0. The van der Waals surface area contributed by atoms with Gasteiger partial charge < -0.3 is 24.1 Å². The predicted octanol–water partition coefficient (Wildman–Crippen LogP) is 1.69. The third-order valence-electron chi connectivity index (χ3n) is 2.05. The van der Waals surface area contributed by atoms with E-state index in [0.29, 0.717) is 52.0 Å². The van der Waals surface area contributed by atoms with Gasteiger partial charge in [0.25, 0.3) is 0 Å². The number of allylic oxidation sites excluding steroid dienone is 3. The molecule has 0 fully saturated rings. The molecule has 116 valence electrons. The average Bonchev–Trinajstić information content (AvgIpc) is 2.42. The normalized spacial score (nSPS) is 10.9. The van der Waals surface area contributed by atoms with Gasteiger partial charge in [-0.05, 0) is 13.0 Å². The second-order valence-electron chi connectivity index (χ2n) is 4.06. The first-order valence-corrected chi connectivity index (χ1v) is 6.66. The molecule has 0 amide bonds. The Morgan fingerprint density at radius 1 is 0.850 bits per heavy atom. The van der Waals surface area contributed by atoms with Gasteiger partial charge >= 0.3 is 0 Å². The Morgan fingerprint density at radius 2 is 1.35 bits per heavy atom. The molecule has 0 radical (unpaired) electrons. The van der Waals surface area contributed by atoms with Crippen molar-refractivity contribution in [3.63, 3.8) is 0 Å². The van der Waals surface area contributed by atoms with Crippen LogP contribution in [0.2, 0.25) is 0 Å². The quantitative estimate of drug-likeness (QED) is 0.299. The molecule has 0 aromatic carbocycles. The first-order chi connectivity index (χ1) is 9.66. The lowest BCUT2D eigenvalue weighted by atomic mass is 10.3. The van der Waals surface area contributed by atoms with Crippen molar-refractivity contribution in [3.05, 3.63) is 36.6 Å². The second kappa shape index (κ2) is 14.3. The van der Waals surface area contributed by atoms with Crippen LogP contribution in [0.4, 0.5) is 0 Å². The third-order valence-corrected chi connectivity index (χ3v) is 2.05. The average molecular weight is 286 g/mol. The molecule has 0 aliphatic carbocycles. The zero-order chi connectivity index (χ0) is 15.1. The summed E-state index contributed by atoms with van der Waals surface area (Å²) in [5.74, 6) is 0.592. The lowest BCUT2D eigenvalue weighted by molar-refractivity contribution is 0.000496. The van der Waals surface area contributed by atoms with Crippen LogP contribution in [0.1, 0.15) is 6.92 Å². The van der Waals surface area contributed by atoms with Crippen molar-refractivity contribution in [2.75, 3.05) is 52.9 Å². The van der Waals surface area contributed by atoms with Gasteiger partial charge in [-0.2, -0.15) is 0 Å². The summed E-state index contributed by atoms with van der Waals surface area (Å²) in [4.78, 5) is 0. The Hall–Kier alpha value is -1.14. The number of rotatable bonds is 14. The SMILES string of the molecule is C=C(C)/C=C\C(=C)OCCOCCOCCOCCO. The fraction of sp³-hybridized carbons (Fsp3) is 0.600. The van der Waals surface area contributed by atoms with Gasteiger partial charge in [0.15, 0.2) is 0 Å². The molecule has 20 heavy (non-hydrogen) atoms. The highest BCUT2D eigenvalue weighted by atomic mass is 16.6. The molecule has 1 N–H and O–H groups in total. The van der Waals surface area contributed by atoms with Crippen LogP contribution in [0.25, 0.3) is 0 Å². The maximum Gasteiger partial charge on any atom is 0.112 e. The fourth-order valence-electron chi connectivity index (χ4n) is 1.12. The summed E-state index contributed by atoms with van der Waals surface area (Å²) in [5.41, 5.74) is 0.950. The molecule has 0 unspecified atom stereocenters. The van der Waals surface area contributed by atoms with E-state index in [1.54, 1.807) is 6.08 Å². The van der Waals surface area contributed by atoms with Gasteiger partial charge in [-0.25, -0.2) is 0 Å². The number of aliphatic hydroxyl groups is 1. The zero-order valence-corrected chi connectivity index (χ0v) is 12.3. The molecule has 5 nitrogen and oxygen atoms in total. The van der Waals surface area contributed by atoms with Gasteiger partial charge in [0.1, 0.15) is 12.4 Å². The summed E-state index contributed by atoms with van der Waals surface area (Å²) in [6.07, 6.45) is 3.62. The monoisotopic (exact) mass is 286 g/mol. The Kier molecular flexibility index (Phi) is 13.5. The highest BCUT2D eigenvalue weighted by molar-refractivity contribution is 5.19. The molecule has 5 heteroatoms. The molecule has 0 atom stereocenters. The van der Waals surface area contributed by atoms with Crippen molar-refractivity contribution in [2.45, 2.75) is 6.92 Å². The van der Waals surface area contributed by atoms with E-state index in [0.717, 1.165) is 5.57 Å². The zero-order valence-electron chi connectivity index (χ0n) is 12.3. The van der Waals surface area contributed by atoms with E-state index in [4.69, 9.17) is 24.1 Å². The molecule has 0 rings (SSSR count). The van der Waals surface area contributed by atoms with Gasteiger partial charge in [0.2, 0.25) is 0 Å². The van der Waals surface area contributed by atoms with Gasteiger partial charge in [0.05, 0.1) is 46.2 Å². The van der Waals surface area contributed by atoms with E-state index in [1.807, 2.05) is 13.0 Å². The summed E-state index contributed by atoms with van der Waals surface area (Å²) in [7, 11) is 0. The van der Waals surface area contributed by atoms with E-state index in [1.165, 1.54) is 0 Å². The van der Waals surface area contributed by atoms with E-state index in [2.05, 4.69) is 13.2 Å². The Bertz CT molecular complexity index is 286. The standard InChI is InChI=1S/C15H26O5/c1-14(2)4-5-15(3)20-13-12-19-11-10-18-9-8-17-7-6-16/h4-5,16H,1,3,6-13H2,2H3/b5-4-. The molecule has 0 saturated heterocycles. The first kappa shape index (κ1) is 18.9. The minimum absolute atomic E-state index is 0.0377. The molecular formula is C15H26O5. The number of ether oxygens (including phenoxy) is 4. The van der Waals surface area contributed by atoms with Crippen LogP contribution in [0.5, 0.6) is 0 Å². The molecule has 0 saturated carbocycles.